The molecule has 7 atom stereocenters. The van der Waals surface area contributed by atoms with Gasteiger partial charge in [0, 0.05) is 24.5 Å². The van der Waals surface area contributed by atoms with E-state index >= 15 is 9.59 Å². The number of aliphatic hydroxyl groups excluding tert-OH is 1. The minimum absolute atomic E-state index is 0.151. The van der Waals surface area contributed by atoms with Gasteiger partial charge >= 0.3 is 0 Å². The number of rotatable bonds is 13. The summed E-state index contributed by atoms with van der Waals surface area (Å²) in [5.74, 6) is -2.39. The largest absolute Gasteiger partial charge is 0.494 e. The maximum atomic E-state index is 15.2. The SMILES string of the molecule is C=CCN(C(=O)C1N([C@@H](CO)C(C)C)C(=O)[C@@H]2[C@@H](C(=O)N(CC=C)c3ccc(OCC)cc3)[C@]3(C)OC12CC3C)c1ccc2ccccc2c1. The number of carbonyl (C=O) groups is 3. The molecule has 3 heterocycles. The molecule has 9 heteroatoms. The molecule has 3 aliphatic heterocycles. The molecule has 50 heavy (non-hydrogen) atoms. The number of hydrogen-bond donors (Lipinski definition) is 1. The Kier molecular flexibility index (Phi) is 9.68. The Morgan fingerprint density at radius 3 is 2.22 bits per heavy atom. The third kappa shape index (κ3) is 5.51. The van der Waals surface area contributed by atoms with Crippen molar-refractivity contribution in [2.45, 2.75) is 64.3 Å². The fourth-order valence-electron chi connectivity index (χ4n) is 8.76. The molecule has 0 saturated carbocycles. The Hall–Kier alpha value is -4.47. The van der Waals surface area contributed by atoms with Crippen molar-refractivity contribution in [1.29, 1.82) is 0 Å². The van der Waals surface area contributed by atoms with Gasteiger partial charge in [0.15, 0.2) is 0 Å². The standard InChI is InChI=1S/C41H49N3O6/c1-8-21-42(30-17-19-32(20-18-30)49-10-3)37(46)34-35-38(47)44(33(25-45)26(4)5)36(41(35)24-27(6)40(34,7)50-41)39(48)43(22-9-2)31-16-15-28-13-11-12-14-29(28)23-31/h8-9,11-20,23,26-27,33-36,45H,1-2,10,21-22,24-25H2,3-7H3/t27?,33-,34-,35-,36?,40+,41?/m0/s1. The topological polar surface area (TPSA) is 99.6 Å². The summed E-state index contributed by atoms with van der Waals surface area (Å²) >= 11 is 0. The number of anilines is 2. The maximum absolute atomic E-state index is 15.2. The van der Waals surface area contributed by atoms with Crippen LogP contribution in [0.2, 0.25) is 0 Å². The van der Waals surface area contributed by atoms with Gasteiger partial charge < -0.3 is 29.3 Å². The van der Waals surface area contributed by atoms with Gasteiger partial charge in [0.1, 0.15) is 17.4 Å². The molecule has 2 bridgehead atoms. The van der Waals surface area contributed by atoms with Crippen molar-refractivity contribution in [3.63, 3.8) is 0 Å². The molecule has 3 aliphatic rings. The van der Waals surface area contributed by atoms with Crippen LogP contribution >= 0.6 is 0 Å². The molecule has 3 fully saturated rings. The fourth-order valence-corrected chi connectivity index (χ4v) is 8.76. The van der Waals surface area contributed by atoms with Crippen LogP contribution in [0.3, 0.4) is 0 Å². The van der Waals surface area contributed by atoms with E-state index < -0.39 is 35.1 Å². The van der Waals surface area contributed by atoms with Gasteiger partial charge in [-0.15, -0.1) is 13.2 Å². The molecule has 0 aromatic heterocycles. The number of ether oxygens (including phenoxy) is 2. The van der Waals surface area contributed by atoms with Crippen molar-refractivity contribution in [3.8, 4) is 5.75 Å². The van der Waals surface area contributed by atoms with Crippen LogP contribution in [0.25, 0.3) is 10.8 Å². The van der Waals surface area contributed by atoms with Crippen LogP contribution in [0.5, 0.6) is 5.75 Å². The highest BCUT2D eigenvalue weighted by atomic mass is 16.5. The summed E-state index contributed by atoms with van der Waals surface area (Å²) in [7, 11) is 0. The van der Waals surface area contributed by atoms with Crippen molar-refractivity contribution >= 4 is 39.9 Å². The first-order valence-electron chi connectivity index (χ1n) is 17.7. The molecule has 3 saturated heterocycles. The Balaban J connectivity index is 1.47. The average molecular weight is 680 g/mol. The summed E-state index contributed by atoms with van der Waals surface area (Å²) in [6.45, 7) is 18.2. The van der Waals surface area contributed by atoms with E-state index in [9.17, 15) is 9.90 Å². The normalized spacial score (nSPS) is 27.3. The second-order valence-corrected chi connectivity index (χ2v) is 14.4. The predicted octanol–water partition coefficient (Wildman–Crippen LogP) is 6.00. The summed E-state index contributed by atoms with van der Waals surface area (Å²) in [6, 6.07) is 19.3. The molecular formula is C41H49N3O6. The molecule has 6 rings (SSSR count). The highest BCUT2D eigenvalue weighted by Gasteiger charge is 2.80. The number of carbonyl (C=O) groups excluding carboxylic acids is 3. The lowest BCUT2D eigenvalue weighted by atomic mass is 9.62. The van der Waals surface area contributed by atoms with E-state index in [0.29, 0.717) is 30.2 Å². The Morgan fingerprint density at radius 1 is 1.00 bits per heavy atom. The van der Waals surface area contributed by atoms with Crippen LogP contribution in [-0.4, -0.2) is 77.3 Å². The van der Waals surface area contributed by atoms with E-state index in [0.717, 1.165) is 10.8 Å². The van der Waals surface area contributed by atoms with E-state index in [1.165, 1.54) is 0 Å². The van der Waals surface area contributed by atoms with E-state index in [2.05, 4.69) is 13.2 Å². The Morgan fingerprint density at radius 2 is 1.62 bits per heavy atom. The zero-order chi connectivity index (χ0) is 36.0. The van der Waals surface area contributed by atoms with E-state index in [4.69, 9.17) is 9.47 Å². The fraction of sp³-hybridized carbons (Fsp3) is 0.439. The summed E-state index contributed by atoms with van der Waals surface area (Å²) in [5, 5.41) is 12.8. The van der Waals surface area contributed by atoms with Gasteiger partial charge in [0.05, 0.1) is 36.7 Å². The quantitative estimate of drug-likeness (QED) is 0.223. The van der Waals surface area contributed by atoms with Crippen molar-refractivity contribution < 1.29 is 29.0 Å². The van der Waals surface area contributed by atoms with Crippen molar-refractivity contribution in [2.75, 3.05) is 36.1 Å². The molecule has 264 valence electrons. The molecule has 1 spiro atoms. The van der Waals surface area contributed by atoms with Crippen molar-refractivity contribution in [3.05, 3.63) is 92.0 Å². The van der Waals surface area contributed by atoms with Crippen LogP contribution in [0, 0.1) is 23.7 Å². The molecule has 0 radical (unpaired) electrons. The second-order valence-electron chi connectivity index (χ2n) is 14.4. The summed E-state index contributed by atoms with van der Waals surface area (Å²) in [5.41, 5.74) is -1.01. The molecule has 3 aromatic carbocycles. The number of fused-ring (bicyclic) bond motifs is 2. The number of hydrogen-bond acceptors (Lipinski definition) is 6. The van der Waals surface area contributed by atoms with Gasteiger partial charge in [-0.2, -0.15) is 0 Å². The van der Waals surface area contributed by atoms with E-state index in [1.807, 2.05) is 101 Å². The molecule has 3 unspecified atom stereocenters. The molecule has 3 aromatic rings. The molecule has 3 amide bonds. The Labute approximate surface area is 295 Å². The van der Waals surface area contributed by atoms with Gasteiger partial charge in [0.25, 0.3) is 5.91 Å². The minimum Gasteiger partial charge on any atom is -0.494 e. The third-order valence-electron chi connectivity index (χ3n) is 11.2. The van der Waals surface area contributed by atoms with Crippen LogP contribution in [0.4, 0.5) is 11.4 Å². The monoisotopic (exact) mass is 679 g/mol. The van der Waals surface area contributed by atoms with Crippen LogP contribution in [-0.2, 0) is 19.1 Å². The summed E-state index contributed by atoms with van der Waals surface area (Å²) < 4.78 is 12.7. The number of aliphatic hydroxyl groups is 1. The highest BCUT2D eigenvalue weighted by molar-refractivity contribution is 6.07. The van der Waals surface area contributed by atoms with Crippen LogP contribution in [0.1, 0.15) is 41.0 Å². The van der Waals surface area contributed by atoms with Gasteiger partial charge in [-0.1, -0.05) is 63.3 Å². The van der Waals surface area contributed by atoms with E-state index in [1.54, 1.807) is 26.9 Å². The maximum Gasteiger partial charge on any atom is 0.253 e. The second kappa shape index (κ2) is 13.7. The van der Waals surface area contributed by atoms with Crippen molar-refractivity contribution in [1.82, 2.24) is 4.90 Å². The number of likely N-dealkylation sites (tertiary alicyclic amines) is 1. The zero-order valence-corrected chi connectivity index (χ0v) is 29.7. The van der Waals surface area contributed by atoms with Crippen molar-refractivity contribution in [2.24, 2.45) is 23.7 Å². The smallest absolute Gasteiger partial charge is 0.253 e. The number of nitrogens with zero attached hydrogens (tertiary/aromatic N) is 3. The third-order valence-corrected chi connectivity index (χ3v) is 11.2. The van der Waals surface area contributed by atoms with Crippen LogP contribution in [0.15, 0.2) is 92.0 Å². The predicted molar refractivity (Wildman–Crippen MR) is 196 cm³/mol. The number of amides is 3. The lowest BCUT2D eigenvalue weighted by molar-refractivity contribution is -0.150. The van der Waals surface area contributed by atoms with Gasteiger partial charge in [-0.25, -0.2) is 0 Å². The van der Waals surface area contributed by atoms with Gasteiger partial charge in [-0.3, -0.25) is 14.4 Å². The van der Waals surface area contributed by atoms with Gasteiger partial charge in [0.2, 0.25) is 11.8 Å². The summed E-state index contributed by atoms with van der Waals surface area (Å²) in [4.78, 5) is 50.0. The lowest BCUT2D eigenvalue weighted by Crippen LogP contribution is -2.60. The van der Waals surface area contributed by atoms with Gasteiger partial charge in [-0.05, 0) is 79.3 Å². The first-order chi connectivity index (χ1) is 24.0. The average Bonchev–Trinajstić information content (AvgIpc) is 3.62. The molecule has 1 N–H and O–H groups in total. The number of benzene rings is 3. The first kappa shape index (κ1) is 35.4. The lowest BCUT2D eigenvalue weighted by Gasteiger charge is -2.40. The van der Waals surface area contributed by atoms with Crippen LogP contribution < -0.4 is 14.5 Å². The van der Waals surface area contributed by atoms with E-state index in [-0.39, 0.29) is 49.3 Å². The Bertz CT molecular complexity index is 1790. The highest BCUT2D eigenvalue weighted by Crippen LogP contribution is 2.66. The first-order valence-corrected chi connectivity index (χ1v) is 17.7. The zero-order valence-electron chi connectivity index (χ0n) is 29.7. The molecular weight excluding hydrogens is 630 g/mol. The molecule has 0 aliphatic carbocycles. The summed E-state index contributed by atoms with van der Waals surface area (Å²) in [6.07, 6.45) is 3.75. The minimum atomic E-state index is -1.29. The molecule has 9 nitrogen and oxygen atoms in total.